The van der Waals surface area contributed by atoms with Crippen molar-refractivity contribution in [3.8, 4) is 0 Å². The highest BCUT2D eigenvalue weighted by atomic mass is 16.2. The molecule has 1 saturated carbocycles. The molecule has 3 heteroatoms. The van der Waals surface area contributed by atoms with Crippen molar-refractivity contribution in [2.24, 2.45) is 11.8 Å². The van der Waals surface area contributed by atoms with Crippen LogP contribution in [0.3, 0.4) is 0 Å². The monoisotopic (exact) mass is 238 g/mol. The summed E-state index contributed by atoms with van der Waals surface area (Å²) < 4.78 is 0. The second-order valence-corrected chi connectivity index (χ2v) is 6.01. The van der Waals surface area contributed by atoms with Crippen LogP contribution < -0.4 is 5.32 Å². The van der Waals surface area contributed by atoms with Crippen molar-refractivity contribution >= 4 is 6.03 Å². The lowest BCUT2D eigenvalue weighted by Gasteiger charge is -2.35. The Kier molecular flexibility index (Phi) is 4.30. The molecule has 2 rings (SSSR count). The molecule has 3 atom stereocenters. The van der Waals surface area contributed by atoms with Crippen molar-refractivity contribution in [1.29, 1.82) is 0 Å². The van der Waals surface area contributed by atoms with Crippen molar-refractivity contribution in [2.45, 2.75) is 58.4 Å². The molecule has 1 aliphatic carbocycles. The van der Waals surface area contributed by atoms with E-state index in [-0.39, 0.29) is 6.03 Å². The Morgan fingerprint density at radius 3 is 2.59 bits per heavy atom. The first kappa shape index (κ1) is 12.7. The first-order valence-corrected chi connectivity index (χ1v) is 7.22. The minimum atomic E-state index is 0.176. The SMILES string of the molecule is CC1CCCN(C(=O)NC2CCCCC2C)C1. The van der Waals surface area contributed by atoms with Gasteiger partial charge in [-0.05, 0) is 37.5 Å². The summed E-state index contributed by atoms with van der Waals surface area (Å²) in [5.41, 5.74) is 0. The molecule has 3 nitrogen and oxygen atoms in total. The molecular weight excluding hydrogens is 212 g/mol. The highest BCUT2D eigenvalue weighted by Crippen LogP contribution is 2.24. The number of urea groups is 1. The van der Waals surface area contributed by atoms with E-state index < -0.39 is 0 Å². The summed E-state index contributed by atoms with van der Waals surface area (Å²) >= 11 is 0. The number of likely N-dealkylation sites (tertiary alicyclic amines) is 1. The largest absolute Gasteiger partial charge is 0.335 e. The molecule has 0 radical (unpaired) electrons. The number of carbonyl (C=O) groups excluding carboxylic acids is 1. The van der Waals surface area contributed by atoms with E-state index in [4.69, 9.17) is 0 Å². The average molecular weight is 238 g/mol. The molecule has 0 spiro atoms. The number of carbonyl (C=O) groups is 1. The molecule has 1 heterocycles. The van der Waals surface area contributed by atoms with Gasteiger partial charge in [0.15, 0.2) is 0 Å². The van der Waals surface area contributed by atoms with Crippen LogP contribution in [0.1, 0.15) is 52.4 Å². The zero-order valence-corrected chi connectivity index (χ0v) is 11.2. The van der Waals surface area contributed by atoms with Gasteiger partial charge >= 0.3 is 6.03 Å². The Balaban J connectivity index is 1.83. The van der Waals surface area contributed by atoms with E-state index in [1.54, 1.807) is 0 Å². The van der Waals surface area contributed by atoms with Crippen LogP contribution in [0, 0.1) is 11.8 Å². The van der Waals surface area contributed by atoms with Gasteiger partial charge in [-0.1, -0.05) is 26.7 Å². The lowest BCUT2D eigenvalue weighted by atomic mass is 9.86. The number of hydrogen-bond acceptors (Lipinski definition) is 1. The molecule has 17 heavy (non-hydrogen) atoms. The van der Waals surface area contributed by atoms with Crippen molar-refractivity contribution in [3.63, 3.8) is 0 Å². The first-order valence-electron chi connectivity index (χ1n) is 7.22. The predicted octanol–water partition coefficient (Wildman–Crippen LogP) is 3.01. The first-order chi connectivity index (χ1) is 8.16. The van der Waals surface area contributed by atoms with E-state index in [0.29, 0.717) is 17.9 Å². The molecule has 1 saturated heterocycles. The second-order valence-electron chi connectivity index (χ2n) is 6.01. The van der Waals surface area contributed by atoms with Gasteiger partial charge in [0.2, 0.25) is 0 Å². The molecule has 98 valence electrons. The zero-order chi connectivity index (χ0) is 12.3. The van der Waals surface area contributed by atoms with E-state index in [1.807, 2.05) is 4.90 Å². The van der Waals surface area contributed by atoms with Gasteiger partial charge in [-0.15, -0.1) is 0 Å². The van der Waals surface area contributed by atoms with E-state index in [2.05, 4.69) is 19.2 Å². The molecular formula is C14H26N2O. The summed E-state index contributed by atoms with van der Waals surface area (Å²) in [6.07, 6.45) is 7.45. The van der Waals surface area contributed by atoms with Crippen LogP contribution in [0.2, 0.25) is 0 Å². The highest BCUT2D eigenvalue weighted by molar-refractivity contribution is 5.74. The van der Waals surface area contributed by atoms with Crippen molar-refractivity contribution in [3.05, 3.63) is 0 Å². The summed E-state index contributed by atoms with van der Waals surface area (Å²) in [5, 5.41) is 3.25. The molecule has 0 bridgehead atoms. The Hall–Kier alpha value is -0.730. The molecule has 3 unspecified atom stereocenters. The number of piperidine rings is 1. The van der Waals surface area contributed by atoms with Crippen LogP contribution in [0.25, 0.3) is 0 Å². The van der Waals surface area contributed by atoms with Crippen LogP contribution in [0.4, 0.5) is 4.79 Å². The summed E-state index contributed by atoms with van der Waals surface area (Å²) in [7, 11) is 0. The summed E-state index contributed by atoms with van der Waals surface area (Å²) in [4.78, 5) is 14.2. The van der Waals surface area contributed by atoms with Crippen LogP contribution in [0.5, 0.6) is 0 Å². The summed E-state index contributed by atoms with van der Waals surface area (Å²) in [6, 6.07) is 0.587. The Labute approximate surface area is 105 Å². The molecule has 0 aromatic carbocycles. The zero-order valence-electron chi connectivity index (χ0n) is 11.2. The van der Waals surface area contributed by atoms with Crippen molar-refractivity contribution < 1.29 is 4.79 Å². The average Bonchev–Trinajstić information content (AvgIpc) is 2.32. The molecule has 1 N–H and O–H groups in total. The molecule has 2 aliphatic rings. The van der Waals surface area contributed by atoms with E-state index in [9.17, 15) is 4.79 Å². The third-order valence-electron chi connectivity index (χ3n) is 4.36. The van der Waals surface area contributed by atoms with Gasteiger partial charge in [-0.25, -0.2) is 4.79 Å². The summed E-state index contributed by atoms with van der Waals surface area (Å²) in [6.45, 7) is 6.38. The quantitative estimate of drug-likeness (QED) is 0.748. The molecule has 0 aromatic rings. The fourth-order valence-corrected chi connectivity index (χ4v) is 3.15. The number of nitrogens with zero attached hydrogens (tertiary/aromatic N) is 1. The fourth-order valence-electron chi connectivity index (χ4n) is 3.15. The maximum absolute atomic E-state index is 12.2. The predicted molar refractivity (Wildman–Crippen MR) is 69.9 cm³/mol. The molecule has 0 aromatic heterocycles. The lowest BCUT2D eigenvalue weighted by Crippen LogP contribution is -2.50. The van der Waals surface area contributed by atoms with Crippen molar-refractivity contribution in [1.82, 2.24) is 10.2 Å². The van der Waals surface area contributed by atoms with E-state index in [0.717, 1.165) is 25.9 Å². The van der Waals surface area contributed by atoms with Gasteiger partial charge in [0.1, 0.15) is 0 Å². The summed E-state index contributed by atoms with van der Waals surface area (Å²) in [5.74, 6) is 1.31. The second kappa shape index (κ2) is 5.74. The fraction of sp³-hybridized carbons (Fsp3) is 0.929. The Bertz CT molecular complexity index is 267. The van der Waals surface area contributed by atoms with Crippen molar-refractivity contribution in [2.75, 3.05) is 13.1 Å². The lowest BCUT2D eigenvalue weighted by molar-refractivity contribution is 0.158. The topological polar surface area (TPSA) is 32.3 Å². The van der Waals surface area contributed by atoms with Crippen LogP contribution >= 0.6 is 0 Å². The Morgan fingerprint density at radius 2 is 1.88 bits per heavy atom. The third-order valence-corrected chi connectivity index (χ3v) is 4.36. The van der Waals surface area contributed by atoms with Crippen LogP contribution in [-0.2, 0) is 0 Å². The van der Waals surface area contributed by atoms with Gasteiger partial charge in [-0.2, -0.15) is 0 Å². The molecule has 2 fully saturated rings. The van der Waals surface area contributed by atoms with E-state index >= 15 is 0 Å². The van der Waals surface area contributed by atoms with E-state index in [1.165, 1.54) is 25.7 Å². The standard InChI is InChI=1S/C14H26N2O/c1-11-6-5-9-16(10-11)14(17)15-13-8-4-3-7-12(13)2/h11-13H,3-10H2,1-2H3,(H,15,17). The number of rotatable bonds is 1. The number of nitrogens with one attached hydrogen (secondary N) is 1. The van der Waals surface area contributed by atoms with Gasteiger partial charge < -0.3 is 10.2 Å². The van der Waals surface area contributed by atoms with Gasteiger partial charge in [-0.3, -0.25) is 0 Å². The smallest absolute Gasteiger partial charge is 0.317 e. The molecule has 2 amide bonds. The third kappa shape index (κ3) is 3.36. The normalized spacial score (nSPS) is 34.5. The maximum Gasteiger partial charge on any atom is 0.317 e. The minimum Gasteiger partial charge on any atom is -0.335 e. The Morgan fingerprint density at radius 1 is 1.12 bits per heavy atom. The highest BCUT2D eigenvalue weighted by Gasteiger charge is 2.26. The maximum atomic E-state index is 12.2. The van der Waals surface area contributed by atoms with Crippen LogP contribution in [-0.4, -0.2) is 30.1 Å². The minimum absolute atomic E-state index is 0.176. The van der Waals surface area contributed by atoms with Gasteiger partial charge in [0.25, 0.3) is 0 Å². The van der Waals surface area contributed by atoms with Gasteiger partial charge in [0, 0.05) is 19.1 Å². The number of hydrogen-bond donors (Lipinski definition) is 1. The molecule has 1 aliphatic heterocycles. The van der Waals surface area contributed by atoms with Gasteiger partial charge in [0.05, 0.1) is 0 Å². The van der Waals surface area contributed by atoms with Crippen LogP contribution in [0.15, 0.2) is 0 Å². The number of amides is 2.